The Morgan fingerprint density at radius 3 is 2.92 bits per heavy atom. The molecule has 124 valence electrons. The zero-order valence-electron chi connectivity index (χ0n) is 13.8. The van der Waals surface area contributed by atoms with Crippen molar-refractivity contribution in [1.82, 2.24) is 19.7 Å². The quantitative estimate of drug-likeness (QED) is 0.693. The van der Waals surface area contributed by atoms with E-state index in [1.807, 2.05) is 60.7 Å². The SMILES string of the molecule is Cc1ncsc1CCN(C)C(=O)c1cccc(Cn2cccn2)c1. The Bertz CT molecular complexity index is 810. The molecule has 2 aromatic heterocycles. The molecule has 0 aliphatic rings. The highest BCUT2D eigenvalue weighted by molar-refractivity contribution is 7.09. The molecule has 5 nitrogen and oxygen atoms in total. The van der Waals surface area contributed by atoms with E-state index in [0.717, 1.165) is 17.7 Å². The summed E-state index contributed by atoms with van der Waals surface area (Å²) in [6.45, 7) is 3.36. The topological polar surface area (TPSA) is 51.0 Å². The molecule has 1 aromatic carbocycles. The summed E-state index contributed by atoms with van der Waals surface area (Å²) in [6.07, 6.45) is 4.51. The van der Waals surface area contributed by atoms with Crippen molar-refractivity contribution in [2.75, 3.05) is 13.6 Å². The van der Waals surface area contributed by atoms with Crippen molar-refractivity contribution in [3.8, 4) is 0 Å². The molecule has 0 saturated heterocycles. The molecule has 0 aliphatic carbocycles. The predicted molar refractivity (Wildman–Crippen MR) is 95.3 cm³/mol. The van der Waals surface area contributed by atoms with E-state index in [1.54, 1.807) is 22.4 Å². The largest absolute Gasteiger partial charge is 0.341 e. The Kier molecular flexibility index (Phi) is 5.05. The minimum absolute atomic E-state index is 0.0412. The normalized spacial score (nSPS) is 10.8. The zero-order chi connectivity index (χ0) is 16.9. The van der Waals surface area contributed by atoms with Crippen molar-refractivity contribution >= 4 is 17.2 Å². The van der Waals surface area contributed by atoms with Crippen LogP contribution in [0.2, 0.25) is 0 Å². The summed E-state index contributed by atoms with van der Waals surface area (Å²) < 4.78 is 1.85. The van der Waals surface area contributed by atoms with Crippen LogP contribution >= 0.6 is 11.3 Å². The van der Waals surface area contributed by atoms with Gasteiger partial charge in [-0.2, -0.15) is 5.10 Å². The lowest BCUT2D eigenvalue weighted by molar-refractivity contribution is 0.0796. The van der Waals surface area contributed by atoms with Crippen molar-refractivity contribution in [3.05, 3.63) is 69.9 Å². The average Bonchev–Trinajstić information content (AvgIpc) is 3.24. The lowest BCUT2D eigenvalue weighted by atomic mass is 10.1. The number of aromatic nitrogens is 3. The monoisotopic (exact) mass is 340 g/mol. The van der Waals surface area contributed by atoms with Crippen LogP contribution in [0.4, 0.5) is 0 Å². The van der Waals surface area contributed by atoms with Gasteiger partial charge in [0.25, 0.3) is 5.91 Å². The fourth-order valence-corrected chi connectivity index (χ4v) is 3.31. The lowest BCUT2D eigenvalue weighted by Crippen LogP contribution is -2.28. The standard InChI is InChI=1S/C18H20N4OS/c1-14-17(24-13-19-14)7-10-21(2)18(23)16-6-3-5-15(11-16)12-22-9-4-8-20-22/h3-6,8-9,11,13H,7,10,12H2,1-2H3. The van der Waals surface area contributed by atoms with Gasteiger partial charge in [0.15, 0.2) is 0 Å². The summed E-state index contributed by atoms with van der Waals surface area (Å²) >= 11 is 1.64. The first-order valence-corrected chi connectivity index (χ1v) is 8.72. The molecule has 24 heavy (non-hydrogen) atoms. The van der Waals surface area contributed by atoms with Crippen LogP contribution in [0.15, 0.2) is 48.2 Å². The molecule has 0 fully saturated rings. The number of nitrogens with zero attached hydrogens (tertiary/aromatic N) is 4. The van der Waals surface area contributed by atoms with Crippen molar-refractivity contribution in [1.29, 1.82) is 0 Å². The van der Waals surface area contributed by atoms with Crippen LogP contribution in [0.25, 0.3) is 0 Å². The van der Waals surface area contributed by atoms with Crippen molar-refractivity contribution in [2.45, 2.75) is 19.9 Å². The van der Waals surface area contributed by atoms with E-state index in [-0.39, 0.29) is 5.91 Å². The van der Waals surface area contributed by atoms with Gasteiger partial charge in [0.1, 0.15) is 0 Å². The molecule has 0 spiro atoms. The van der Waals surface area contributed by atoms with Crippen molar-refractivity contribution in [3.63, 3.8) is 0 Å². The maximum absolute atomic E-state index is 12.6. The van der Waals surface area contributed by atoms with Crippen LogP contribution < -0.4 is 0 Å². The van der Waals surface area contributed by atoms with Gasteiger partial charge in [-0.3, -0.25) is 9.48 Å². The summed E-state index contributed by atoms with van der Waals surface area (Å²) in [6, 6.07) is 9.64. The lowest BCUT2D eigenvalue weighted by Gasteiger charge is -2.17. The number of likely N-dealkylation sites (N-methyl/N-ethyl adjacent to an activating group) is 1. The van der Waals surface area contributed by atoms with Crippen LogP contribution in [-0.4, -0.2) is 39.2 Å². The highest BCUT2D eigenvalue weighted by Gasteiger charge is 2.13. The summed E-state index contributed by atoms with van der Waals surface area (Å²) in [7, 11) is 1.85. The third-order valence-corrected chi connectivity index (χ3v) is 4.94. The molecule has 0 N–H and O–H groups in total. The molecule has 0 radical (unpaired) electrons. The summed E-state index contributed by atoms with van der Waals surface area (Å²) in [4.78, 5) is 19.9. The molecule has 0 aliphatic heterocycles. The molecular weight excluding hydrogens is 320 g/mol. The highest BCUT2D eigenvalue weighted by Crippen LogP contribution is 2.14. The Hall–Kier alpha value is -2.47. The first-order chi connectivity index (χ1) is 11.6. The molecule has 3 rings (SSSR count). The number of thiazole rings is 1. The Balaban J connectivity index is 1.64. The number of hydrogen-bond donors (Lipinski definition) is 0. The van der Waals surface area contributed by atoms with E-state index in [1.165, 1.54) is 4.88 Å². The number of amides is 1. The second-order valence-electron chi connectivity index (χ2n) is 5.74. The number of aryl methyl sites for hydroxylation is 1. The molecule has 0 unspecified atom stereocenters. The van der Waals surface area contributed by atoms with E-state index in [4.69, 9.17) is 0 Å². The van der Waals surface area contributed by atoms with Crippen LogP contribution in [0.5, 0.6) is 0 Å². The van der Waals surface area contributed by atoms with Crippen LogP contribution in [0.1, 0.15) is 26.5 Å². The summed E-state index contributed by atoms with van der Waals surface area (Å²) in [5, 5.41) is 4.20. The first kappa shape index (κ1) is 16.4. The molecule has 3 aromatic rings. The molecule has 2 heterocycles. The van der Waals surface area contributed by atoms with Gasteiger partial charge in [0.05, 0.1) is 17.7 Å². The van der Waals surface area contributed by atoms with E-state index >= 15 is 0 Å². The molecule has 0 atom stereocenters. The number of carbonyl (C=O) groups excluding carboxylic acids is 1. The second kappa shape index (κ2) is 7.40. The molecule has 0 bridgehead atoms. The number of rotatable bonds is 6. The average molecular weight is 340 g/mol. The van der Waals surface area contributed by atoms with Gasteiger partial charge in [0.2, 0.25) is 0 Å². The fraction of sp³-hybridized carbons (Fsp3) is 0.278. The van der Waals surface area contributed by atoms with E-state index in [0.29, 0.717) is 18.7 Å². The molecule has 0 saturated carbocycles. The number of carbonyl (C=O) groups is 1. The smallest absolute Gasteiger partial charge is 0.253 e. The number of hydrogen-bond acceptors (Lipinski definition) is 4. The Morgan fingerprint density at radius 2 is 2.21 bits per heavy atom. The van der Waals surface area contributed by atoms with Gasteiger partial charge < -0.3 is 4.90 Å². The third kappa shape index (κ3) is 3.89. The van der Waals surface area contributed by atoms with Gasteiger partial charge in [-0.25, -0.2) is 4.98 Å². The van der Waals surface area contributed by atoms with E-state index in [2.05, 4.69) is 10.1 Å². The minimum Gasteiger partial charge on any atom is -0.341 e. The van der Waals surface area contributed by atoms with Crippen molar-refractivity contribution < 1.29 is 4.79 Å². The minimum atomic E-state index is 0.0412. The maximum atomic E-state index is 12.6. The maximum Gasteiger partial charge on any atom is 0.253 e. The molecular formula is C18H20N4OS. The molecule has 1 amide bonds. The number of benzene rings is 1. The second-order valence-corrected chi connectivity index (χ2v) is 6.68. The Labute approximate surface area is 145 Å². The van der Waals surface area contributed by atoms with Crippen LogP contribution in [0, 0.1) is 6.92 Å². The van der Waals surface area contributed by atoms with Gasteiger partial charge in [-0.05, 0) is 30.7 Å². The fourth-order valence-electron chi connectivity index (χ4n) is 2.54. The third-order valence-electron chi connectivity index (χ3n) is 3.94. The molecule has 6 heteroatoms. The van der Waals surface area contributed by atoms with Crippen molar-refractivity contribution in [2.24, 2.45) is 0 Å². The first-order valence-electron chi connectivity index (χ1n) is 7.84. The van der Waals surface area contributed by atoms with E-state index < -0.39 is 0 Å². The van der Waals surface area contributed by atoms with E-state index in [9.17, 15) is 4.79 Å². The Morgan fingerprint density at radius 1 is 1.33 bits per heavy atom. The van der Waals surface area contributed by atoms with Gasteiger partial charge in [0, 0.05) is 42.8 Å². The van der Waals surface area contributed by atoms with Crippen LogP contribution in [-0.2, 0) is 13.0 Å². The zero-order valence-corrected chi connectivity index (χ0v) is 14.7. The van der Waals surface area contributed by atoms with Gasteiger partial charge >= 0.3 is 0 Å². The predicted octanol–water partition coefficient (Wildman–Crippen LogP) is 3.01. The van der Waals surface area contributed by atoms with Gasteiger partial charge in [-0.1, -0.05) is 12.1 Å². The summed E-state index contributed by atoms with van der Waals surface area (Å²) in [5.41, 5.74) is 4.69. The van der Waals surface area contributed by atoms with Crippen LogP contribution in [0.3, 0.4) is 0 Å². The summed E-state index contributed by atoms with van der Waals surface area (Å²) in [5.74, 6) is 0.0412. The van der Waals surface area contributed by atoms with Gasteiger partial charge in [-0.15, -0.1) is 11.3 Å². The highest BCUT2D eigenvalue weighted by atomic mass is 32.1.